The second kappa shape index (κ2) is 5.91. The van der Waals surface area contributed by atoms with Crippen LogP contribution in [0.1, 0.15) is 28.9 Å². The van der Waals surface area contributed by atoms with Crippen molar-refractivity contribution in [2.45, 2.75) is 19.8 Å². The number of nitrogens with one attached hydrogen (secondary N) is 1. The van der Waals surface area contributed by atoms with Gasteiger partial charge in [-0.2, -0.15) is 0 Å². The standard InChI is InChI=1S/C16H18N4O/c1-12-4-6-13(7-5-12)18-15(21)14-8-9-17-16(19-14)20-10-2-3-11-20/h4-9H,2-3,10-11H2,1H3,(H,18,21). The quantitative estimate of drug-likeness (QED) is 0.940. The molecule has 0 bridgehead atoms. The van der Waals surface area contributed by atoms with E-state index < -0.39 is 0 Å². The van der Waals surface area contributed by atoms with E-state index in [0.717, 1.165) is 37.2 Å². The summed E-state index contributed by atoms with van der Waals surface area (Å²) in [7, 11) is 0. The number of hydrogen-bond donors (Lipinski definition) is 1. The minimum atomic E-state index is -0.207. The molecular weight excluding hydrogens is 264 g/mol. The molecule has 21 heavy (non-hydrogen) atoms. The Bertz CT molecular complexity index is 633. The van der Waals surface area contributed by atoms with Crippen molar-refractivity contribution < 1.29 is 4.79 Å². The summed E-state index contributed by atoms with van der Waals surface area (Å²) in [6.45, 7) is 3.93. The van der Waals surface area contributed by atoms with Crippen molar-refractivity contribution in [2.75, 3.05) is 23.3 Å². The van der Waals surface area contributed by atoms with Crippen LogP contribution < -0.4 is 10.2 Å². The Balaban J connectivity index is 1.74. The van der Waals surface area contributed by atoms with Crippen LogP contribution >= 0.6 is 0 Å². The van der Waals surface area contributed by atoms with Crippen LogP contribution in [0.4, 0.5) is 11.6 Å². The molecule has 0 radical (unpaired) electrons. The highest BCUT2D eigenvalue weighted by atomic mass is 16.1. The minimum absolute atomic E-state index is 0.207. The van der Waals surface area contributed by atoms with Crippen LogP contribution in [0, 0.1) is 6.92 Å². The average molecular weight is 282 g/mol. The van der Waals surface area contributed by atoms with Gasteiger partial charge < -0.3 is 10.2 Å². The Labute approximate surface area is 124 Å². The Kier molecular flexibility index (Phi) is 3.81. The molecular formula is C16H18N4O. The van der Waals surface area contributed by atoms with Gasteiger partial charge in [-0.3, -0.25) is 4.79 Å². The predicted molar refractivity (Wildman–Crippen MR) is 82.6 cm³/mol. The van der Waals surface area contributed by atoms with Crippen LogP contribution in [-0.2, 0) is 0 Å². The molecule has 1 N–H and O–H groups in total. The Hall–Kier alpha value is -2.43. The summed E-state index contributed by atoms with van der Waals surface area (Å²) in [5.41, 5.74) is 2.32. The Morgan fingerprint density at radius 3 is 2.57 bits per heavy atom. The van der Waals surface area contributed by atoms with Gasteiger partial charge in [0.15, 0.2) is 0 Å². The van der Waals surface area contributed by atoms with E-state index in [1.807, 2.05) is 31.2 Å². The number of hydrogen-bond acceptors (Lipinski definition) is 4. The number of aromatic nitrogens is 2. The van der Waals surface area contributed by atoms with E-state index in [9.17, 15) is 4.79 Å². The average Bonchev–Trinajstić information content (AvgIpc) is 3.04. The Morgan fingerprint density at radius 2 is 1.86 bits per heavy atom. The smallest absolute Gasteiger partial charge is 0.274 e. The van der Waals surface area contributed by atoms with Crippen LogP contribution in [0.2, 0.25) is 0 Å². The van der Waals surface area contributed by atoms with E-state index in [0.29, 0.717) is 11.6 Å². The molecule has 5 heteroatoms. The lowest BCUT2D eigenvalue weighted by Crippen LogP contribution is -2.22. The van der Waals surface area contributed by atoms with Crippen LogP contribution in [0.3, 0.4) is 0 Å². The molecule has 0 aliphatic carbocycles. The molecule has 1 fully saturated rings. The van der Waals surface area contributed by atoms with E-state index >= 15 is 0 Å². The van der Waals surface area contributed by atoms with Crippen molar-refractivity contribution in [3.8, 4) is 0 Å². The summed E-state index contributed by atoms with van der Waals surface area (Å²) in [5, 5.41) is 2.86. The summed E-state index contributed by atoms with van der Waals surface area (Å²) in [5.74, 6) is 0.436. The molecule has 2 heterocycles. The van der Waals surface area contributed by atoms with Gasteiger partial charge >= 0.3 is 0 Å². The largest absolute Gasteiger partial charge is 0.341 e. The lowest BCUT2D eigenvalue weighted by Gasteiger charge is -2.15. The molecule has 1 aromatic heterocycles. The van der Waals surface area contributed by atoms with Gasteiger partial charge in [0.05, 0.1) is 0 Å². The van der Waals surface area contributed by atoms with Gasteiger partial charge in [0, 0.05) is 25.0 Å². The fourth-order valence-electron chi connectivity index (χ4n) is 2.38. The van der Waals surface area contributed by atoms with E-state index in [2.05, 4.69) is 20.2 Å². The van der Waals surface area contributed by atoms with Crippen molar-refractivity contribution in [2.24, 2.45) is 0 Å². The Morgan fingerprint density at radius 1 is 1.14 bits per heavy atom. The highest BCUT2D eigenvalue weighted by molar-refractivity contribution is 6.02. The molecule has 1 aliphatic rings. The first-order valence-electron chi connectivity index (χ1n) is 7.18. The maximum atomic E-state index is 12.2. The number of amides is 1. The third-order valence-corrected chi connectivity index (χ3v) is 3.57. The number of carbonyl (C=O) groups is 1. The predicted octanol–water partition coefficient (Wildman–Crippen LogP) is 2.64. The zero-order valence-corrected chi connectivity index (χ0v) is 12.0. The molecule has 1 aliphatic heterocycles. The topological polar surface area (TPSA) is 58.1 Å². The second-order valence-corrected chi connectivity index (χ2v) is 5.26. The number of benzene rings is 1. The fraction of sp³-hybridized carbons (Fsp3) is 0.312. The maximum absolute atomic E-state index is 12.2. The van der Waals surface area contributed by atoms with Crippen molar-refractivity contribution in [3.63, 3.8) is 0 Å². The van der Waals surface area contributed by atoms with Gasteiger partial charge in [-0.1, -0.05) is 17.7 Å². The monoisotopic (exact) mass is 282 g/mol. The summed E-state index contributed by atoms with van der Waals surface area (Å²) in [4.78, 5) is 23.0. The van der Waals surface area contributed by atoms with Crippen LogP contribution in [0.15, 0.2) is 36.5 Å². The molecule has 0 atom stereocenters. The summed E-state index contributed by atoms with van der Waals surface area (Å²) < 4.78 is 0. The van der Waals surface area contributed by atoms with Crippen LogP contribution in [-0.4, -0.2) is 29.0 Å². The van der Waals surface area contributed by atoms with Gasteiger partial charge in [-0.25, -0.2) is 9.97 Å². The molecule has 1 amide bonds. The summed E-state index contributed by atoms with van der Waals surface area (Å²) >= 11 is 0. The SMILES string of the molecule is Cc1ccc(NC(=O)c2ccnc(N3CCCC3)n2)cc1. The van der Waals surface area contributed by atoms with Gasteiger partial charge in [0.2, 0.25) is 5.95 Å². The summed E-state index contributed by atoms with van der Waals surface area (Å²) in [6.07, 6.45) is 3.96. The zero-order valence-electron chi connectivity index (χ0n) is 12.0. The van der Waals surface area contributed by atoms with E-state index in [1.54, 1.807) is 12.3 Å². The molecule has 5 nitrogen and oxygen atoms in total. The molecule has 0 unspecified atom stereocenters. The normalized spacial score (nSPS) is 14.2. The maximum Gasteiger partial charge on any atom is 0.274 e. The van der Waals surface area contributed by atoms with Crippen molar-refractivity contribution >= 4 is 17.5 Å². The van der Waals surface area contributed by atoms with E-state index in [1.165, 1.54) is 0 Å². The van der Waals surface area contributed by atoms with Crippen molar-refractivity contribution in [3.05, 3.63) is 47.8 Å². The van der Waals surface area contributed by atoms with E-state index in [-0.39, 0.29) is 5.91 Å². The zero-order chi connectivity index (χ0) is 14.7. The van der Waals surface area contributed by atoms with Gasteiger partial charge in [0.25, 0.3) is 5.91 Å². The highest BCUT2D eigenvalue weighted by Crippen LogP contribution is 2.16. The second-order valence-electron chi connectivity index (χ2n) is 5.26. The van der Waals surface area contributed by atoms with Gasteiger partial charge in [-0.05, 0) is 38.0 Å². The first-order chi connectivity index (χ1) is 10.2. The van der Waals surface area contributed by atoms with E-state index in [4.69, 9.17) is 0 Å². The van der Waals surface area contributed by atoms with Gasteiger partial charge in [-0.15, -0.1) is 0 Å². The molecule has 1 saturated heterocycles. The molecule has 3 rings (SSSR count). The number of carbonyl (C=O) groups excluding carboxylic acids is 1. The minimum Gasteiger partial charge on any atom is -0.341 e. The molecule has 0 saturated carbocycles. The lowest BCUT2D eigenvalue weighted by molar-refractivity contribution is 0.102. The highest BCUT2D eigenvalue weighted by Gasteiger charge is 2.16. The van der Waals surface area contributed by atoms with Crippen molar-refractivity contribution in [1.29, 1.82) is 0 Å². The van der Waals surface area contributed by atoms with Crippen LogP contribution in [0.5, 0.6) is 0 Å². The summed E-state index contributed by atoms with van der Waals surface area (Å²) in [6, 6.07) is 9.34. The number of aryl methyl sites for hydroxylation is 1. The van der Waals surface area contributed by atoms with Gasteiger partial charge in [0.1, 0.15) is 5.69 Å². The first-order valence-corrected chi connectivity index (χ1v) is 7.18. The molecule has 0 spiro atoms. The molecule has 2 aromatic rings. The fourth-order valence-corrected chi connectivity index (χ4v) is 2.38. The number of nitrogens with zero attached hydrogens (tertiary/aromatic N) is 3. The third-order valence-electron chi connectivity index (χ3n) is 3.57. The lowest BCUT2D eigenvalue weighted by atomic mass is 10.2. The third kappa shape index (κ3) is 3.18. The molecule has 1 aromatic carbocycles. The number of rotatable bonds is 3. The number of anilines is 2. The molecule has 108 valence electrons. The first kappa shape index (κ1) is 13.5. The van der Waals surface area contributed by atoms with Crippen molar-refractivity contribution in [1.82, 2.24) is 9.97 Å². The van der Waals surface area contributed by atoms with Crippen LogP contribution in [0.25, 0.3) is 0 Å².